The third-order valence-electron chi connectivity index (χ3n) is 3.02. The molecule has 0 aliphatic heterocycles. The van der Waals surface area contributed by atoms with Crippen LogP contribution in [0.3, 0.4) is 0 Å². The minimum atomic E-state index is 0.207. The van der Waals surface area contributed by atoms with Crippen molar-refractivity contribution in [1.29, 1.82) is 0 Å². The highest BCUT2D eigenvalue weighted by atomic mass is 15.1. The maximum Gasteiger partial charge on any atom is 0.0997 e. The number of nitrogens with zero attached hydrogens (tertiary/aromatic N) is 2. The first-order chi connectivity index (χ1) is 8.08. The van der Waals surface area contributed by atoms with Gasteiger partial charge in [-0.25, -0.2) is 4.98 Å². The van der Waals surface area contributed by atoms with Gasteiger partial charge in [0.25, 0.3) is 0 Å². The van der Waals surface area contributed by atoms with Crippen LogP contribution in [0.5, 0.6) is 0 Å². The summed E-state index contributed by atoms with van der Waals surface area (Å²) in [5, 5.41) is 0. The smallest absolute Gasteiger partial charge is 0.0997 e. The van der Waals surface area contributed by atoms with Crippen molar-refractivity contribution in [2.24, 2.45) is 5.73 Å². The first kappa shape index (κ1) is 11.9. The van der Waals surface area contributed by atoms with Gasteiger partial charge in [0.05, 0.1) is 12.0 Å². The molecular weight excluding hydrogens is 210 g/mol. The molecule has 0 saturated heterocycles. The zero-order valence-electron chi connectivity index (χ0n) is 10.6. The number of rotatable bonds is 3. The molecule has 1 unspecified atom stereocenters. The lowest BCUT2D eigenvalue weighted by molar-refractivity contribution is 0.738. The Balaban J connectivity index is 2.26. The molecule has 0 aliphatic rings. The third kappa shape index (κ3) is 2.56. The van der Waals surface area contributed by atoms with E-state index in [1.807, 2.05) is 20.2 Å². The lowest BCUT2D eigenvalue weighted by Crippen LogP contribution is -2.17. The Morgan fingerprint density at radius 3 is 2.35 bits per heavy atom. The second-order valence-corrected chi connectivity index (χ2v) is 4.63. The van der Waals surface area contributed by atoms with Crippen molar-refractivity contribution in [2.75, 3.05) is 0 Å². The Bertz CT molecular complexity index is 495. The first-order valence-electron chi connectivity index (χ1n) is 5.93. The summed E-state index contributed by atoms with van der Waals surface area (Å²) in [6.07, 6.45) is 2.79. The van der Waals surface area contributed by atoms with Crippen LogP contribution in [0.2, 0.25) is 0 Å². The van der Waals surface area contributed by atoms with Crippen LogP contribution in [0.25, 0.3) is 5.69 Å². The minimum absolute atomic E-state index is 0.207. The molecule has 0 aliphatic carbocycles. The van der Waals surface area contributed by atoms with Gasteiger partial charge in [0.15, 0.2) is 0 Å². The van der Waals surface area contributed by atoms with E-state index in [9.17, 15) is 0 Å². The van der Waals surface area contributed by atoms with Gasteiger partial charge < -0.3 is 10.3 Å². The predicted molar refractivity (Wildman–Crippen MR) is 70.4 cm³/mol. The van der Waals surface area contributed by atoms with Gasteiger partial charge in [0.2, 0.25) is 0 Å². The molecule has 17 heavy (non-hydrogen) atoms. The number of aromatic nitrogens is 2. The monoisotopic (exact) mass is 229 g/mol. The van der Waals surface area contributed by atoms with E-state index in [1.54, 1.807) is 0 Å². The summed E-state index contributed by atoms with van der Waals surface area (Å²) in [5.41, 5.74) is 10.5. The molecular formula is C14H19N3. The average Bonchev–Trinajstić information content (AvgIpc) is 2.60. The van der Waals surface area contributed by atoms with Crippen molar-refractivity contribution >= 4 is 0 Å². The normalized spacial score (nSPS) is 12.7. The topological polar surface area (TPSA) is 43.8 Å². The van der Waals surface area contributed by atoms with Gasteiger partial charge in [0.1, 0.15) is 0 Å². The molecule has 90 valence electrons. The highest BCUT2D eigenvalue weighted by Crippen LogP contribution is 2.15. The van der Waals surface area contributed by atoms with Gasteiger partial charge in [-0.1, -0.05) is 12.1 Å². The molecule has 0 bridgehead atoms. The van der Waals surface area contributed by atoms with Crippen LogP contribution in [-0.2, 0) is 6.42 Å². The van der Waals surface area contributed by atoms with Gasteiger partial charge >= 0.3 is 0 Å². The highest BCUT2D eigenvalue weighted by Gasteiger charge is 2.04. The largest absolute Gasteiger partial charge is 0.328 e. The maximum atomic E-state index is 5.79. The number of imidazole rings is 1. The molecule has 1 aromatic carbocycles. The molecule has 2 rings (SSSR count). The van der Waals surface area contributed by atoms with Crippen LogP contribution in [0, 0.1) is 13.8 Å². The van der Waals surface area contributed by atoms with Crippen LogP contribution in [0.4, 0.5) is 0 Å². The Labute approximate surface area is 102 Å². The molecule has 0 fully saturated rings. The zero-order valence-corrected chi connectivity index (χ0v) is 10.6. The standard InChI is InChI=1S/C14H19N3/c1-10(15)8-13-4-6-14(7-5-13)17-9-16-11(2)12(17)3/h4-7,9-10H,8,15H2,1-3H3. The average molecular weight is 229 g/mol. The molecule has 0 spiro atoms. The Morgan fingerprint density at radius 1 is 1.24 bits per heavy atom. The summed E-state index contributed by atoms with van der Waals surface area (Å²) in [6, 6.07) is 8.71. The molecule has 0 amide bonds. The summed E-state index contributed by atoms with van der Waals surface area (Å²) < 4.78 is 2.10. The second-order valence-electron chi connectivity index (χ2n) is 4.63. The lowest BCUT2D eigenvalue weighted by atomic mass is 10.1. The van der Waals surface area contributed by atoms with Crippen molar-refractivity contribution in [3.63, 3.8) is 0 Å². The maximum absolute atomic E-state index is 5.79. The van der Waals surface area contributed by atoms with Crippen molar-refractivity contribution in [2.45, 2.75) is 33.2 Å². The quantitative estimate of drug-likeness (QED) is 0.878. The van der Waals surface area contributed by atoms with Crippen LogP contribution in [0.1, 0.15) is 23.9 Å². The van der Waals surface area contributed by atoms with Gasteiger partial charge in [0, 0.05) is 17.4 Å². The summed E-state index contributed by atoms with van der Waals surface area (Å²) in [6.45, 7) is 6.13. The van der Waals surface area contributed by atoms with E-state index < -0.39 is 0 Å². The van der Waals surface area contributed by atoms with E-state index in [0.29, 0.717) is 0 Å². The molecule has 3 nitrogen and oxygen atoms in total. The number of benzene rings is 1. The molecule has 2 aromatic rings. The Kier molecular flexibility index (Phi) is 3.29. The molecule has 2 N–H and O–H groups in total. The van der Waals surface area contributed by atoms with E-state index in [-0.39, 0.29) is 6.04 Å². The van der Waals surface area contributed by atoms with Crippen molar-refractivity contribution < 1.29 is 0 Å². The van der Waals surface area contributed by atoms with Gasteiger partial charge in [-0.2, -0.15) is 0 Å². The summed E-state index contributed by atoms with van der Waals surface area (Å²) in [4.78, 5) is 4.31. The van der Waals surface area contributed by atoms with E-state index in [4.69, 9.17) is 5.73 Å². The zero-order chi connectivity index (χ0) is 12.4. The van der Waals surface area contributed by atoms with Gasteiger partial charge in [-0.15, -0.1) is 0 Å². The van der Waals surface area contributed by atoms with Crippen LogP contribution in [-0.4, -0.2) is 15.6 Å². The van der Waals surface area contributed by atoms with E-state index >= 15 is 0 Å². The third-order valence-corrected chi connectivity index (χ3v) is 3.02. The molecule has 1 atom stereocenters. The predicted octanol–water partition coefficient (Wildman–Crippen LogP) is 2.38. The summed E-state index contributed by atoms with van der Waals surface area (Å²) in [5.74, 6) is 0. The second kappa shape index (κ2) is 4.72. The van der Waals surface area contributed by atoms with Crippen LogP contribution in [0.15, 0.2) is 30.6 Å². The molecule has 3 heteroatoms. The molecule has 1 aromatic heterocycles. The number of aryl methyl sites for hydroxylation is 1. The minimum Gasteiger partial charge on any atom is -0.328 e. The summed E-state index contributed by atoms with van der Waals surface area (Å²) in [7, 11) is 0. The number of nitrogens with two attached hydrogens (primary N) is 1. The van der Waals surface area contributed by atoms with Crippen molar-refractivity contribution in [1.82, 2.24) is 9.55 Å². The lowest BCUT2D eigenvalue weighted by Gasteiger charge is -2.08. The van der Waals surface area contributed by atoms with Crippen molar-refractivity contribution in [3.05, 3.63) is 47.5 Å². The van der Waals surface area contributed by atoms with Crippen LogP contribution >= 0.6 is 0 Å². The van der Waals surface area contributed by atoms with E-state index in [0.717, 1.165) is 17.8 Å². The number of hydrogen-bond acceptors (Lipinski definition) is 2. The fourth-order valence-electron chi connectivity index (χ4n) is 1.92. The van der Waals surface area contributed by atoms with E-state index in [1.165, 1.54) is 11.3 Å². The van der Waals surface area contributed by atoms with Crippen molar-refractivity contribution in [3.8, 4) is 5.69 Å². The fraction of sp³-hybridized carbons (Fsp3) is 0.357. The number of hydrogen-bond donors (Lipinski definition) is 1. The first-order valence-corrected chi connectivity index (χ1v) is 5.93. The fourth-order valence-corrected chi connectivity index (χ4v) is 1.92. The summed E-state index contributed by atoms with van der Waals surface area (Å²) >= 11 is 0. The molecule has 0 saturated carbocycles. The Morgan fingerprint density at radius 2 is 1.88 bits per heavy atom. The van der Waals surface area contributed by atoms with E-state index in [2.05, 4.69) is 40.7 Å². The van der Waals surface area contributed by atoms with Gasteiger partial charge in [-0.3, -0.25) is 0 Å². The molecule has 0 radical (unpaired) electrons. The highest BCUT2D eigenvalue weighted by molar-refractivity contribution is 5.37. The molecule has 1 heterocycles. The van der Waals surface area contributed by atoms with Crippen LogP contribution < -0.4 is 5.73 Å². The van der Waals surface area contributed by atoms with Gasteiger partial charge in [-0.05, 0) is 44.9 Å². The SMILES string of the molecule is Cc1ncn(-c2ccc(CC(C)N)cc2)c1C. The Hall–Kier alpha value is -1.61.